The smallest absolute Gasteiger partial charge is 0.119 e. The lowest BCUT2D eigenvalue weighted by atomic mass is 10.1. The van der Waals surface area contributed by atoms with Gasteiger partial charge >= 0.3 is 0 Å². The van der Waals surface area contributed by atoms with E-state index in [0.717, 1.165) is 30.0 Å². The summed E-state index contributed by atoms with van der Waals surface area (Å²) in [7, 11) is 0. The summed E-state index contributed by atoms with van der Waals surface area (Å²) in [5.41, 5.74) is 3.32. The number of nitrogens with zero attached hydrogens (tertiary/aromatic N) is 1. The van der Waals surface area contributed by atoms with Crippen LogP contribution in [-0.2, 0) is 0 Å². The monoisotopic (exact) mass is 311 g/mol. The molecule has 0 spiro atoms. The average Bonchev–Trinajstić information content (AvgIpc) is 2.59. The molecule has 23 heavy (non-hydrogen) atoms. The predicted molar refractivity (Wildman–Crippen MR) is 97.9 cm³/mol. The van der Waals surface area contributed by atoms with Gasteiger partial charge in [-0.25, -0.2) is 0 Å². The third-order valence-electron chi connectivity index (χ3n) is 4.08. The van der Waals surface area contributed by atoms with E-state index in [1.54, 1.807) is 0 Å². The van der Waals surface area contributed by atoms with Gasteiger partial charge in [-0.2, -0.15) is 0 Å². The first-order valence-electron chi connectivity index (χ1n) is 8.95. The summed E-state index contributed by atoms with van der Waals surface area (Å²) in [5, 5.41) is 0. The molecule has 1 aromatic carbocycles. The fourth-order valence-corrected chi connectivity index (χ4v) is 2.61. The van der Waals surface area contributed by atoms with Crippen LogP contribution >= 0.6 is 0 Å². The van der Waals surface area contributed by atoms with Crippen LogP contribution in [-0.4, -0.2) is 11.6 Å². The quantitative estimate of drug-likeness (QED) is 0.488. The molecule has 0 fully saturated rings. The molecule has 2 nitrogen and oxygen atoms in total. The summed E-state index contributed by atoms with van der Waals surface area (Å²) < 4.78 is 5.82. The van der Waals surface area contributed by atoms with E-state index < -0.39 is 0 Å². The summed E-state index contributed by atoms with van der Waals surface area (Å²) in [6.45, 7) is 5.13. The van der Waals surface area contributed by atoms with Gasteiger partial charge in [0.2, 0.25) is 0 Å². The van der Waals surface area contributed by atoms with Gasteiger partial charge in [0, 0.05) is 11.8 Å². The van der Waals surface area contributed by atoms with Crippen molar-refractivity contribution in [2.75, 3.05) is 6.61 Å². The van der Waals surface area contributed by atoms with E-state index in [2.05, 4.69) is 43.1 Å². The molecule has 0 saturated carbocycles. The van der Waals surface area contributed by atoms with Crippen LogP contribution in [0.5, 0.6) is 5.75 Å². The number of rotatable bonds is 10. The number of unbranched alkanes of at least 4 members (excludes halogenated alkanes) is 6. The maximum atomic E-state index is 5.82. The summed E-state index contributed by atoms with van der Waals surface area (Å²) in [6, 6.07) is 12.4. The molecule has 0 bridgehead atoms. The standard InChI is InChI=1S/C21H29NO/c1-3-4-5-6-7-8-9-16-23-20-13-11-19(12-14-20)21-15-10-18(2)17-22-21/h10-15,17H,3-9,16H2,1-2H3. The Kier molecular flexibility index (Phi) is 7.65. The number of benzene rings is 1. The first kappa shape index (κ1) is 17.5. The van der Waals surface area contributed by atoms with E-state index in [-0.39, 0.29) is 0 Å². The first-order valence-corrected chi connectivity index (χ1v) is 8.95. The Morgan fingerprint density at radius 1 is 0.826 bits per heavy atom. The third-order valence-corrected chi connectivity index (χ3v) is 4.08. The van der Waals surface area contributed by atoms with Crippen LogP contribution in [0.4, 0.5) is 0 Å². The van der Waals surface area contributed by atoms with E-state index in [0.29, 0.717) is 0 Å². The molecule has 0 aliphatic heterocycles. The first-order chi connectivity index (χ1) is 11.3. The highest BCUT2D eigenvalue weighted by atomic mass is 16.5. The van der Waals surface area contributed by atoms with Crippen molar-refractivity contribution in [1.29, 1.82) is 0 Å². The molecule has 0 atom stereocenters. The van der Waals surface area contributed by atoms with E-state index in [9.17, 15) is 0 Å². The van der Waals surface area contributed by atoms with Gasteiger partial charge in [0.15, 0.2) is 0 Å². The second kappa shape index (κ2) is 10.0. The maximum Gasteiger partial charge on any atom is 0.119 e. The van der Waals surface area contributed by atoms with Gasteiger partial charge in [0.05, 0.1) is 12.3 Å². The Labute approximate surface area is 140 Å². The lowest BCUT2D eigenvalue weighted by molar-refractivity contribution is 0.304. The summed E-state index contributed by atoms with van der Waals surface area (Å²) in [4.78, 5) is 4.45. The Bertz CT molecular complexity index is 545. The molecule has 0 unspecified atom stereocenters. The minimum Gasteiger partial charge on any atom is -0.494 e. The zero-order valence-corrected chi connectivity index (χ0v) is 14.6. The molecular weight excluding hydrogens is 282 g/mol. The molecule has 0 saturated heterocycles. The highest BCUT2D eigenvalue weighted by Crippen LogP contribution is 2.21. The number of ether oxygens (including phenoxy) is 1. The second-order valence-electron chi connectivity index (χ2n) is 6.21. The lowest BCUT2D eigenvalue weighted by Gasteiger charge is -2.07. The van der Waals surface area contributed by atoms with Gasteiger partial charge in [-0.1, -0.05) is 51.5 Å². The van der Waals surface area contributed by atoms with Gasteiger partial charge < -0.3 is 4.74 Å². The van der Waals surface area contributed by atoms with Crippen molar-refractivity contribution in [1.82, 2.24) is 4.98 Å². The third kappa shape index (κ3) is 6.43. The number of hydrogen-bond acceptors (Lipinski definition) is 2. The number of pyridine rings is 1. The van der Waals surface area contributed by atoms with Crippen LogP contribution in [0.15, 0.2) is 42.6 Å². The van der Waals surface area contributed by atoms with Crippen LogP contribution in [0.2, 0.25) is 0 Å². The van der Waals surface area contributed by atoms with Gasteiger partial charge in [-0.3, -0.25) is 4.98 Å². The molecule has 1 aromatic heterocycles. The second-order valence-corrected chi connectivity index (χ2v) is 6.21. The highest BCUT2D eigenvalue weighted by Gasteiger charge is 2.00. The summed E-state index contributed by atoms with van der Waals surface area (Å²) in [6.07, 6.45) is 11.1. The van der Waals surface area contributed by atoms with Crippen molar-refractivity contribution < 1.29 is 4.74 Å². The topological polar surface area (TPSA) is 22.1 Å². The SMILES string of the molecule is CCCCCCCCCOc1ccc(-c2ccc(C)cn2)cc1. The summed E-state index contributed by atoms with van der Waals surface area (Å²) in [5.74, 6) is 0.951. The zero-order valence-electron chi connectivity index (χ0n) is 14.6. The van der Waals surface area contributed by atoms with Crippen LogP contribution < -0.4 is 4.74 Å². The van der Waals surface area contributed by atoms with Crippen LogP contribution in [0.25, 0.3) is 11.3 Å². The van der Waals surface area contributed by atoms with Crippen LogP contribution in [0.3, 0.4) is 0 Å². The minimum atomic E-state index is 0.815. The molecule has 1 heterocycles. The van der Waals surface area contributed by atoms with Crippen molar-refractivity contribution >= 4 is 0 Å². The Hall–Kier alpha value is -1.83. The minimum absolute atomic E-state index is 0.815. The van der Waals surface area contributed by atoms with Crippen molar-refractivity contribution in [3.05, 3.63) is 48.2 Å². The Morgan fingerprint density at radius 2 is 1.52 bits per heavy atom. The molecule has 0 N–H and O–H groups in total. The van der Waals surface area contributed by atoms with Gasteiger partial charge in [0.25, 0.3) is 0 Å². The predicted octanol–water partition coefficient (Wildman–Crippen LogP) is 6.19. The highest BCUT2D eigenvalue weighted by molar-refractivity contribution is 5.59. The maximum absolute atomic E-state index is 5.82. The molecule has 2 rings (SSSR count). The molecular formula is C21H29NO. The largest absolute Gasteiger partial charge is 0.494 e. The van der Waals surface area contributed by atoms with Crippen molar-refractivity contribution in [2.45, 2.75) is 58.8 Å². The van der Waals surface area contributed by atoms with E-state index in [4.69, 9.17) is 4.74 Å². The summed E-state index contributed by atoms with van der Waals surface area (Å²) >= 11 is 0. The Balaban J connectivity index is 1.68. The molecule has 0 radical (unpaired) electrons. The van der Waals surface area contributed by atoms with E-state index >= 15 is 0 Å². The molecule has 2 heteroatoms. The molecule has 2 aromatic rings. The van der Waals surface area contributed by atoms with Gasteiger partial charge in [-0.05, 0) is 49.2 Å². The van der Waals surface area contributed by atoms with Crippen LogP contribution in [0, 0.1) is 6.92 Å². The number of hydrogen-bond donors (Lipinski definition) is 0. The molecule has 0 aliphatic carbocycles. The molecule has 124 valence electrons. The number of aryl methyl sites for hydroxylation is 1. The van der Waals surface area contributed by atoms with Gasteiger partial charge in [-0.15, -0.1) is 0 Å². The number of aromatic nitrogens is 1. The van der Waals surface area contributed by atoms with Gasteiger partial charge in [0.1, 0.15) is 5.75 Å². The Morgan fingerprint density at radius 3 is 2.17 bits per heavy atom. The lowest BCUT2D eigenvalue weighted by Crippen LogP contribution is -1.97. The fourth-order valence-electron chi connectivity index (χ4n) is 2.61. The zero-order chi connectivity index (χ0) is 16.3. The van der Waals surface area contributed by atoms with Crippen molar-refractivity contribution in [3.63, 3.8) is 0 Å². The molecule has 0 aliphatic rings. The van der Waals surface area contributed by atoms with E-state index in [1.165, 1.54) is 44.1 Å². The average molecular weight is 311 g/mol. The van der Waals surface area contributed by atoms with Crippen LogP contribution in [0.1, 0.15) is 57.4 Å². The van der Waals surface area contributed by atoms with Crippen molar-refractivity contribution in [3.8, 4) is 17.0 Å². The molecule has 0 amide bonds. The van der Waals surface area contributed by atoms with Crippen molar-refractivity contribution in [2.24, 2.45) is 0 Å². The normalized spacial score (nSPS) is 10.7. The van der Waals surface area contributed by atoms with E-state index in [1.807, 2.05) is 18.3 Å². The fraction of sp³-hybridized carbons (Fsp3) is 0.476.